The van der Waals surface area contributed by atoms with Gasteiger partial charge in [-0.25, -0.2) is 4.68 Å². The van der Waals surface area contributed by atoms with Gasteiger partial charge in [-0.3, -0.25) is 4.79 Å². The molecule has 0 saturated carbocycles. The Bertz CT molecular complexity index is 961. The molecule has 4 rings (SSSR count). The number of hydrogen-bond acceptors (Lipinski definition) is 6. The molecule has 154 valence electrons. The zero-order valence-electron chi connectivity index (χ0n) is 17.5. The number of ether oxygens (including phenoxy) is 2. The van der Waals surface area contributed by atoms with E-state index in [-0.39, 0.29) is 17.2 Å². The fourth-order valence-corrected chi connectivity index (χ4v) is 4.16. The molecule has 1 aromatic heterocycles. The van der Waals surface area contributed by atoms with Gasteiger partial charge in [0.05, 0.1) is 13.7 Å². The number of fused-ring (bicyclic) bond motifs is 1. The topological polar surface area (TPSA) is 78.3 Å². The number of carbonyl (C=O) groups excluding carboxylic acids is 1. The lowest BCUT2D eigenvalue weighted by atomic mass is 9.73. The molecule has 1 atom stereocenters. The van der Waals surface area contributed by atoms with Crippen molar-refractivity contribution >= 4 is 11.7 Å². The van der Waals surface area contributed by atoms with Crippen LogP contribution in [0.2, 0.25) is 0 Å². The Labute approximate surface area is 171 Å². The first-order chi connectivity index (χ1) is 13.9. The minimum absolute atomic E-state index is 0.0790. The van der Waals surface area contributed by atoms with Crippen LogP contribution in [0.1, 0.15) is 58.1 Å². The van der Waals surface area contributed by atoms with Crippen molar-refractivity contribution in [1.29, 1.82) is 0 Å². The van der Waals surface area contributed by atoms with Gasteiger partial charge in [0.15, 0.2) is 17.3 Å². The van der Waals surface area contributed by atoms with Gasteiger partial charge >= 0.3 is 0 Å². The number of ketones is 1. The maximum absolute atomic E-state index is 13.1. The van der Waals surface area contributed by atoms with Crippen molar-refractivity contribution in [2.24, 2.45) is 5.41 Å². The van der Waals surface area contributed by atoms with Gasteiger partial charge in [-0.2, -0.15) is 10.1 Å². The number of nitrogens with one attached hydrogen (secondary N) is 1. The van der Waals surface area contributed by atoms with E-state index in [2.05, 4.69) is 36.2 Å². The van der Waals surface area contributed by atoms with Crippen molar-refractivity contribution in [1.82, 2.24) is 14.8 Å². The summed E-state index contributed by atoms with van der Waals surface area (Å²) in [5.74, 6) is 2.17. The third kappa shape index (κ3) is 3.61. The molecule has 1 N–H and O–H groups in total. The number of benzene rings is 1. The van der Waals surface area contributed by atoms with Gasteiger partial charge in [0.2, 0.25) is 5.95 Å². The minimum atomic E-state index is -0.328. The summed E-state index contributed by atoms with van der Waals surface area (Å²) in [5, 5.41) is 7.73. The number of rotatable bonds is 6. The Morgan fingerprint density at radius 3 is 2.86 bits per heavy atom. The van der Waals surface area contributed by atoms with Crippen molar-refractivity contribution in [3.63, 3.8) is 0 Å². The minimum Gasteiger partial charge on any atom is -0.493 e. The van der Waals surface area contributed by atoms with Crippen molar-refractivity contribution in [2.45, 2.75) is 52.5 Å². The van der Waals surface area contributed by atoms with E-state index in [1.807, 2.05) is 18.2 Å². The summed E-state index contributed by atoms with van der Waals surface area (Å²) >= 11 is 0. The molecule has 1 aliphatic heterocycles. The summed E-state index contributed by atoms with van der Waals surface area (Å²) in [6.07, 6.45) is 4.89. The Morgan fingerprint density at radius 1 is 1.28 bits per heavy atom. The van der Waals surface area contributed by atoms with Crippen LogP contribution in [-0.2, 0) is 4.79 Å². The van der Waals surface area contributed by atoms with Gasteiger partial charge in [0.1, 0.15) is 12.4 Å². The van der Waals surface area contributed by atoms with Crippen LogP contribution in [0.4, 0.5) is 5.95 Å². The van der Waals surface area contributed by atoms with Crippen LogP contribution in [0, 0.1) is 5.41 Å². The fraction of sp³-hybridized carbons (Fsp3) is 0.500. The highest BCUT2D eigenvalue weighted by Gasteiger charge is 2.41. The molecule has 0 radical (unpaired) electrons. The molecule has 1 aromatic carbocycles. The Hall–Kier alpha value is -2.83. The first kappa shape index (κ1) is 19.5. The number of allylic oxidation sites excluding steroid dienone is 2. The van der Waals surface area contributed by atoms with Gasteiger partial charge in [-0.1, -0.05) is 33.3 Å². The third-order valence-electron chi connectivity index (χ3n) is 5.53. The number of anilines is 1. The summed E-state index contributed by atoms with van der Waals surface area (Å²) in [7, 11) is 1.63. The molecule has 1 aliphatic carbocycles. The largest absolute Gasteiger partial charge is 0.493 e. The van der Waals surface area contributed by atoms with Crippen LogP contribution in [0.3, 0.4) is 0 Å². The highest BCUT2D eigenvalue weighted by atomic mass is 16.5. The van der Waals surface area contributed by atoms with Crippen LogP contribution in [-0.4, -0.2) is 34.3 Å². The van der Waals surface area contributed by atoms with E-state index in [0.717, 1.165) is 36.1 Å². The van der Waals surface area contributed by atoms with Crippen LogP contribution in [0.25, 0.3) is 0 Å². The maximum atomic E-state index is 13.1. The molecular formula is C22H28N4O3. The number of methoxy groups -OCH3 is 1. The summed E-state index contributed by atoms with van der Waals surface area (Å²) in [4.78, 5) is 17.5. The molecule has 0 unspecified atom stereocenters. The lowest BCUT2D eigenvalue weighted by Crippen LogP contribution is -2.36. The standard InChI is InChI=1S/C22H28N4O3/c1-5-6-9-29-17-8-7-14(10-18(17)28-4)20-19-15(11-22(2,3)12-16(19)27)25-21-23-13-24-26(20)21/h7-8,10,13,20H,5-6,9,11-12H2,1-4H3,(H,23,24,25)/t20-/m1/s1. The predicted molar refractivity (Wildman–Crippen MR) is 110 cm³/mol. The van der Waals surface area contributed by atoms with Crippen LogP contribution in [0.5, 0.6) is 11.5 Å². The summed E-state index contributed by atoms with van der Waals surface area (Å²) in [6, 6.07) is 5.52. The molecule has 7 nitrogen and oxygen atoms in total. The van der Waals surface area contributed by atoms with Gasteiger partial charge in [0.25, 0.3) is 0 Å². The molecule has 2 aliphatic rings. The average Bonchev–Trinajstić information content (AvgIpc) is 3.14. The Balaban J connectivity index is 1.76. The van der Waals surface area contributed by atoms with Crippen LogP contribution >= 0.6 is 0 Å². The molecule has 29 heavy (non-hydrogen) atoms. The number of nitrogens with zero attached hydrogens (tertiary/aromatic N) is 3. The van der Waals surface area contributed by atoms with Gasteiger partial charge in [0, 0.05) is 17.7 Å². The lowest BCUT2D eigenvalue weighted by Gasteiger charge is -2.38. The quantitative estimate of drug-likeness (QED) is 0.740. The SMILES string of the molecule is CCCCOc1ccc([C@@H]2C3=C(CC(C)(C)CC3=O)Nc3ncnn32)cc1OC. The number of Topliss-reactive ketones (excluding diaryl/α,β-unsaturated/α-hetero) is 1. The lowest BCUT2D eigenvalue weighted by molar-refractivity contribution is -0.118. The van der Waals surface area contributed by atoms with E-state index in [1.165, 1.54) is 6.33 Å². The second-order valence-electron chi connectivity index (χ2n) is 8.50. The van der Waals surface area contributed by atoms with Crippen molar-refractivity contribution < 1.29 is 14.3 Å². The molecule has 0 spiro atoms. The summed E-state index contributed by atoms with van der Waals surface area (Å²) in [6.45, 7) is 7.02. The molecule has 7 heteroatoms. The molecule has 0 saturated heterocycles. The molecule has 2 aromatic rings. The molecule has 2 heterocycles. The van der Waals surface area contributed by atoms with Gasteiger partial charge < -0.3 is 14.8 Å². The second-order valence-corrected chi connectivity index (χ2v) is 8.50. The molecule has 0 fully saturated rings. The normalized spacial score (nSPS) is 20.0. The fourth-order valence-electron chi connectivity index (χ4n) is 4.16. The van der Waals surface area contributed by atoms with Crippen molar-refractivity contribution in [3.8, 4) is 11.5 Å². The predicted octanol–water partition coefficient (Wildman–Crippen LogP) is 4.12. The first-order valence-corrected chi connectivity index (χ1v) is 10.2. The first-order valence-electron chi connectivity index (χ1n) is 10.2. The summed E-state index contributed by atoms with van der Waals surface area (Å²) in [5.41, 5.74) is 2.56. The van der Waals surface area contributed by atoms with Gasteiger partial charge in [-0.15, -0.1) is 0 Å². The number of carbonyl (C=O) groups is 1. The number of aromatic nitrogens is 3. The zero-order valence-corrected chi connectivity index (χ0v) is 17.5. The molecule has 0 bridgehead atoms. The molecule has 0 amide bonds. The number of unbranched alkanes of at least 4 members (excludes halogenated alkanes) is 1. The van der Waals surface area contributed by atoms with Crippen molar-refractivity contribution in [3.05, 3.63) is 41.4 Å². The van der Waals surface area contributed by atoms with Crippen LogP contribution in [0.15, 0.2) is 35.8 Å². The highest BCUT2D eigenvalue weighted by molar-refractivity contribution is 6.00. The molecular weight excluding hydrogens is 368 g/mol. The second kappa shape index (κ2) is 7.54. The monoisotopic (exact) mass is 396 g/mol. The highest BCUT2D eigenvalue weighted by Crippen LogP contribution is 2.46. The van der Waals surface area contributed by atoms with Gasteiger partial charge in [-0.05, 0) is 36.0 Å². The third-order valence-corrected chi connectivity index (χ3v) is 5.53. The van der Waals surface area contributed by atoms with E-state index in [1.54, 1.807) is 11.8 Å². The van der Waals surface area contributed by atoms with Crippen molar-refractivity contribution in [2.75, 3.05) is 19.0 Å². The summed E-state index contributed by atoms with van der Waals surface area (Å²) < 4.78 is 13.2. The van der Waals surface area contributed by atoms with E-state index in [0.29, 0.717) is 30.5 Å². The van der Waals surface area contributed by atoms with E-state index >= 15 is 0 Å². The number of hydrogen-bond donors (Lipinski definition) is 1. The smallest absolute Gasteiger partial charge is 0.226 e. The van der Waals surface area contributed by atoms with Crippen LogP contribution < -0.4 is 14.8 Å². The zero-order chi connectivity index (χ0) is 20.6. The maximum Gasteiger partial charge on any atom is 0.226 e. The Kier molecular flexibility index (Phi) is 5.06. The average molecular weight is 396 g/mol. The van der Waals surface area contributed by atoms with E-state index < -0.39 is 0 Å². The Morgan fingerprint density at radius 2 is 2.10 bits per heavy atom. The van der Waals surface area contributed by atoms with E-state index in [4.69, 9.17) is 9.47 Å². The van der Waals surface area contributed by atoms with E-state index in [9.17, 15) is 4.79 Å².